The van der Waals surface area contributed by atoms with Crippen molar-refractivity contribution in [3.05, 3.63) is 35.9 Å². The molecule has 0 aliphatic heterocycles. The summed E-state index contributed by atoms with van der Waals surface area (Å²) in [6, 6.07) is 9.89. The Morgan fingerprint density at radius 1 is 0.727 bits per heavy atom. The van der Waals surface area contributed by atoms with Gasteiger partial charge in [0.1, 0.15) is 6.10 Å². The van der Waals surface area contributed by atoms with Crippen molar-refractivity contribution >= 4 is 0 Å². The van der Waals surface area contributed by atoms with E-state index in [4.69, 9.17) is 9.47 Å². The summed E-state index contributed by atoms with van der Waals surface area (Å²) < 4.78 is 11.0. The molecule has 2 atom stereocenters. The first-order valence-electron chi connectivity index (χ1n) is 13.8. The Balaban J connectivity index is 1.84. The normalized spacial score (nSPS) is 13.3. The molecule has 2 unspecified atom stereocenters. The molecule has 0 amide bonds. The van der Waals surface area contributed by atoms with Crippen molar-refractivity contribution in [1.29, 1.82) is 0 Å². The van der Waals surface area contributed by atoms with E-state index in [9.17, 15) is 5.11 Å². The molecule has 2 N–H and O–H groups in total. The highest BCUT2D eigenvalue weighted by Gasteiger charge is 2.18. The van der Waals surface area contributed by atoms with Gasteiger partial charge in [0.2, 0.25) is 0 Å². The van der Waals surface area contributed by atoms with Gasteiger partial charge in [-0.05, 0) is 18.5 Å². The van der Waals surface area contributed by atoms with Crippen LogP contribution in [0, 0.1) is 0 Å². The number of hydrogen-bond acceptors (Lipinski definition) is 4. The SMILES string of the molecule is CCCCCCCCCCCCCCCCCCNCC(OC)C(O)OCc1ccccc1. The number of aliphatic hydroxyl groups excluding tert-OH is 1. The van der Waals surface area contributed by atoms with E-state index in [1.165, 1.54) is 103 Å². The minimum Gasteiger partial charge on any atom is -0.375 e. The lowest BCUT2D eigenvalue weighted by Gasteiger charge is -2.22. The third kappa shape index (κ3) is 18.1. The average molecular weight is 464 g/mol. The molecule has 1 aromatic rings. The molecule has 0 aliphatic rings. The number of methoxy groups -OCH3 is 1. The number of ether oxygens (including phenoxy) is 2. The zero-order chi connectivity index (χ0) is 23.8. The summed E-state index contributed by atoms with van der Waals surface area (Å²) in [5.41, 5.74) is 1.05. The minimum absolute atomic E-state index is 0.352. The second-order valence-electron chi connectivity index (χ2n) is 9.47. The van der Waals surface area contributed by atoms with E-state index in [0.29, 0.717) is 13.2 Å². The highest BCUT2D eigenvalue weighted by molar-refractivity contribution is 5.13. The van der Waals surface area contributed by atoms with Crippen molar-refractivity contribution in [3.8, 4) is 0 Å². The van der Waals surface area contributed by atoms with E-state index in [1.807, 2.05) is 30.3 Å². The number of nitrogens with one attached hydrogen (secondary N) is 1. The van der Waals surface area contributed by atoms with Crippen LogP contribution >= 0.6 is 0 Å². The number of benzene rings is 1. The molecule has 0 spiro atoms. The van der Waals surface area contributed by atoms with E-state index in [1.54, 1.807) is 7.11 Å². The molecule has 0 aromatic heterocycles. The Kier molecular flexibility index (Phi) is 20.8. The van der Waals surface area contributed by atoms with Crippen molar-refractivity contribution in [2.75, 3.05) is 20.2 Å². The molecule has 0 heterocycles. The lowest BCUT2D eigenvalue weighted by molar-refractivity contribution is -0.175. The van der Waals surface area contributed by atoms with Crippen LogP contribution in [0.25, 0.3) is 0 Å². The Hall–Kier alpha value is -0.940. The van der Waals surface area contributed by atoms with E-state index in [-0.39, 0.29) is 6.10 Å². The molecule has 0 radical (unpaired) electrons. The maximum absolute atomic E-state index is 10.2. The highest BCUT2D eigenvalue weighted by Crippen LogP contribution is 2.13. The molecule has 1 aromatic carbocycles. The largest absolute Gasteiger partial charge is 0.375 e. The Morgan fingerprint density at radius 3 is 1.70 bits per heavy atom. The Bertz CT molecular complexity index is 511. The Labute approximate surface area is 204 Å². The third-order valence-corrected chi connectivity index (χ3v) is 6.44. The van der Waals surface area contributed by atoms with Gasteiger partial charge in [0.05, 0.1) is 6.61 Å². The maximum Gasteiger partial charge on any atom is 0.182 e. The summed E-state index contributed by atoms with van der Waals surface area (Å²) in [4.78, 5) is 0. The van der Waals surface area contributed by atoms with Crippen molar-refractivity contribution in [3.63, 3.8) is 0 Å². The highest BCUT2D eigenvalue weighted by atomic mass is 16.6. The summed E-state index contributed by atoms with van der Waals surface area (Å²) in [5.74, 6) is 0. The first-order valence-corrected chi connectivity index (χ1v) is 13.8. The van der Waals surface area contributed by atoms with Crippen LogP contribution in [0.1, 0.15) is 115 Å². The number of aliphatic hydroxyl groups is 1. The van der Waals surface area contributed by atoms with E-state index in [0.717, 1.165) is 12.1 Å². The van der Waals surface area contributed by atoms with Gasteiger partial charge in [-0.25, -0.2) is 0 Å². The number of rotatable bonds is 24. The van der Waals surface area contributed by atoms with Crippen LogP contribution in [-0.2, 0) is 16.1 Å². The first kappa shape index (κ1) is 30.1. The van der Waals surface area contributed by atoms with Gasteiger partial charge in [0.15, 0.2) is 6.29 Å². The lowest BCUT2D eigenvalue weighted by Crippen LogP contribution is -2.39. The fourth-order valence-corrected chi connectivity index (χ4v) is 4.21. The molecule has 0 saturated heterocycles. The van der Waals surface area contributed by atoms with Crippen LogP contribution in [0.2, 0.25) is 0 Å². The van der Waals surface area contributed by atoms with Crippen LogP contribution in [0.4, 0.5) is 0 Å². The molecular weight excluding hydrogens is 410 g/mol. The average Bonchev–Trinajstić information content (AvgIpc) is 2.84. The lowest BCUT2D eigenvalue weighted by atomic mass is 10.0. The van der Waals surface area contributed by atoms with E-state index >= 15 is 0 Å². The summed E-state index contributed by atoms with van der Waals surface area (Å²) in [7, 11) is 1.62. The molecule has 4 nitrogen and oxygen atoms in total. The molecular formula is C29H53NO3. The monoisotopic (exact) mass is 463 g/mol. The van der Waals surface area contributed by atoms with Crippen LogP contribution in [0.3, 0.4) is 0 Å². The van der Waals surface area contributed by atoms with Gasteiger partial charge in [0, 0.05) is 13.7 Å². The molecule has 33 heavy (non-hydrogen) atoms. The molecule has 1 rings (SSSR count). The fraction of sp³-hybridized carbons (Fsp3) is 0.793. The molecule has 0 fully saturated rings. The van der Waals surface area contributed by atoms with Gasteiger partial charge in [-0.15, -0.1) is 0 Å². The van der Waals surface area contributed by atoms with Crippen LogP contribution in [-0.4, -0.2) is 37.7 Å². The van der Waals surface area contributed by atoms with Crippen LogP contribution < -0.4 is 5.32 Å². The molecule has 0 bridgehead atoms. The smallest absolute Gasteiger partial charge is 0.182 e. The van der Waals surface area contributed by atoms with Gasteiger partial charge < -0.3 is 19.9 Å². The first-order chi connectivity index (χ1) is 16.3. The third-order valence-electron chi connectivity index (χ3n) is 6.44. The zero-order valence-electron chi connectivity index (χ0n) is 21.7. The van der Waals surface area contributed by atoms with Crippen LogP contribution in [0.5, 0.6) is 0 Å². The van der Waals surface area contributed by atoms with E-state index in [2.05, 4.69) is 12.2 Å². The fourth-order valence-electron chi connectivity index (χ4n) is 4.21. The zero-order valence-corrected chi connectivity index (χ0v) is 21.7. The van der Waals surface area contributed by atoms with Crippen molar-refractivity contribution in [1.82, 2.24) is 5.32 Å². The predicted octanol–water partition coefficient (Wildman–Crippen LogP) is 7.39. The maximum atomic E-state index is 10.2. The quantitative estimate of drug-likeness (QED) is 0.124. The van der Waals surface area contributed by atoms with Crippen molar-refractivity contribution < 1.29 is 14.6 Å². The van der Waals surface area contributed by atoms with Gasteiger partial charge in [0.25, 0.3) is 0 Å². The summed E-state index contributed by atoms with van der Waals surface area (Å²) in [5, 5.41) is 13.6. The molecule has 0 saturated carbocycles. The second-order valence-corrected chi connectivity index (χ2v) is 9.47. The molecule has 4 heteroatoms. The van der Waals surface area contributed by atoms with Gasteiger partial charge in [-0.2, -0.15) is 0 Å². The second kappa shape index (κ2) is 22.8. The standard InChI is InChI=1S/C29H53NO3/c1-3-4-5-6-7-8-9-10-11-12-13-14-15-16-17-21-24-30-25-28(32-2)29(31)33-26-27-22-19-18-20-23-27/h18-20,22-23,28-31H,3-17,21,24-26H2,1-2H3. The summed E-state index contributed by atoms with van der Waals surface area (Å²) in [6.45, 7) is 4.24. The summed E-state index contributed by atoms with van der Waals surface area (Å²) in [6.07, 6.45) is 20.9. The Morgan fingerprint density at radius 2 is 1.21 bits per heavy atom. The minimum atomic E-state index is -0.923. The van der Waals surface area contributed by atoms with Crippen LogP contribution in [0.15, 0.2) is 30.3 Å². The number of unbranched alkanes of at least 4 members (excludes halogenated alkanes) is 15. The molecule has 192 valence electrons. The van der Waals surface area contributed by atoms with Gasteiger partial charge in [-0.1, -0.05) is 134 Å². The molecule has 0 aliphatic carbocycles. The van der Waals surface area contributed by atoms with Gasteiger partial charge >= 0.3 is 0 Å². The van der Waals surface area contributed by atoms with Crippen molar-refractivity contribution in [2.24, 2.45) is 0 Å². The summed E-state index contributed by atoms with van der Waals surface area (Å²) >= 11 is 0. The predicted molar refractivity (Wildman–Crippen MR) is 140 cm³/mol. The van der Waals surface area contributed by atoms with Crippen molar-refractivity contribution in [2.45, 2.75) is 129 Å². The van der Waals surface area contributed by atoms with Gasteiger partial charge in [-0.3, -0.25) is 0 Å². The topological polar surface area (TPSA) is 50.7 Å². The van der Waals surface area contributed by atoms with E-state index < -0.39 is 6.29 Å². The number of hydrogen-bond donors (Lipinski definition) is 2.